The van der Waals surface area contributed by atoms with Gasteiger partial charge >= 0.3 is 13.1 Å². The van der Waals surface area contributed by atoms with Crippen molar-refractivity contribution >= 4 is 19.0 Å². The fourth-order valence-electron chi connectivity index (χ4n) is 4.84. The molecule has 4 heterocycles. The van der Waals surface area contributed by atoms with Gasteiger partial charge in [0.15, 0.2) is 0 Å². The zero-order chi connectivity index (χ0) is 25.8. The van der Waals surface area contributed by atoms with Gasteiger partial charge < -0.3 is 29.6 Å². The summed E-state index contributed by atoms with van der Waals surface area (Å²) >= 11 is 0. The first-order chi connectivity index (χ1) is 18.0. The third-order valence-corrected chi connectivity index (χ3v) is 6.86. The van der Waals surface area contributed by atoms with E-state index in [0.717, 1.165) is 37.6 Å². The summed E-state index contributed by atoms with van der Waals surface area (Å²) in [7, 11) is -1.38. The van der Waals surface area contributed by atoms with Crippen LogP contribution in [0.5, 0.6) is 5.75 Å². The molecule has 2 fully saturated rings. The number of fused-ring (bicyclic) bond motifs is 1. The maximum atomic E-state index is 13.0. The third kappa shape index (κ3) is 6.10. The lowest BCUT2D eigenvalue weighted by Gasteiger charge is -2.29. The largest absolute Gasteiger partial charge is 0.547 e. The standard InChI is InChI=1S/C23H31BN6O7/c31-21(25-20-12-16-2-1-3-17(23(32)33)22(16)37-24(20)34)15-30-19(14-29-6-10-36-11-7-29)18(26-27-30)13-28-4-8-35-9-5-28/h1-3,20,34H,4-15H2,(H,25,31)(H,32,33). The number of hydrogen-bond acceptors (Lipinski definition) is 10. The van der Waals surface area contributed by atoms with Gasteiger partial charge in [-0.15, -0.1) is 5.10 Å². The first-order valence-corrected chi connectivity index (χ1v) is 12.5. The summed E-state index contributed by atoms with van der Waals surface area (Å²) in [5.74, 6) is -2.09. The quantitative estimate of drug-likeness (QED) is 0.364. The summed E-state index contributed by atoms with van der Waals surface area (Å²) in [6, 6.07) is 4.76. The number of amides is 1. The molecule has 37 heavy (non-hydrogen) atoms. The number of benzene rings is 1. The second kappa shape index (κ2) is 11.6. The molecule has 198 valence electrons. The molecule has 2 saturated heterocycles. The number of nitrogens with one attached hydrogen (secondary N) is 1. The van der Waals surface area contributed by atoms with Crippen LogP contribution >= 0.6 is 0 Å². The van der Waals surface area contributed by atoms with Crippen LogP contribution in [-0.4, -0.2) is 112 Å². The van der Waals surface area contributed by atoms with Crippen LogP contribution in [0.25, 0.3) is 0 Å². The lowest BCUT2D eigenvalue weighted by atomic mass is 9.72. The Labute approximate surface area is 214 Å². The fourth-order valence-corrected chi connectivity index (χ4v) is 4.84. The molecule has 1 aromatic heterocycles. The van der Waals surface area contributed by atoms with Gasteiger partial charge in [-0.3, -0.25) is 14.6 Å². The van der Waals surface area contributed by atoms with Crippen molar-refractivity contribution in [2.24, 2.45) is 0 Å². The predicted octanol–water partition coefficient (Wildman–Crippen LogP) is -1.22. The second-order valence-corrected chi connectivity index (χ2v) is 9.40. The van der Waals surface area contributed by atoms with E-state index in [1.165, 1.54) is 6.07 Å². The Balaban J connectivity index is 1.28. The molecule has 0 radical (unpaired) electrons. The van der Waals surface area contributed by atoms with Crippen molar-refractivity contribution in [3.63, 3.8) is 0 Å². The Morgan fingerprint density at radius 3 is 2.41 bits per heavy atom. The molecule has 1 amide bonds. The second-order valence-electron chi connectivity index (χ2n) is 9.40. The molecule has 3 aliphatic rings. The molecule has 1 atom stereocenters. The first kappa shape index (κ1) is 25.6. The highest BCUT2D eigenvalue weighted by molar-refractivity contribution is 6.47. The lowest BCUT2D eigenvalue weighted by molar-refractivity contribution is -0.122. The van der Waals surface area contributed by atoms with Crippen LogP contribution in [0.4, 0.5) is 0 Å². The Bertz CT molecular complexity index is 1120. The van der Waals surface area contributed by atoms with Gasteiger partial charge in [0.25, 0.3) is 0 Å². The topological polar surface area (TPSA) is 152 Å². The summed E-state index contributed by atoms with van der Waals surface area (Å²) in [5, 5.41) is 31.4. The number of hydrogen-bond donors (Lipinski definition) is 3. The molecule has 14 heteroatoms. The number of nitrogens with zero attached hydrogens (tertiary/aromatic N) is 5. The lowest BCUT2D eigenvalue weighted by Crippen LogP contribution is -2.53. The molecule has 0 bridgehead atoms. The van der Waals surface area contributed by atoms with Crippen LogP contribution < -0.4 is 9.97 Å². The van der Waals surface area contributed by atoms with Crippen LogP contribution in [0, 0.1) is 0 Å². The number of ether oxygens (including phenoxy) is 2. The van der Waals surface area contributed by atoms with Crippen LogP contribution in [0.3, 0.4) is 0 Å². The third-order valence-electron chi connectivity index (χ3n) is 6.86. The van der Waals surface area contributed by atoms with Crippen molar-refractivity contribution < 1.29 is 33.8 Å². The van der Waals surface area contributed by atoms with Gasteiger partial charge in [0, 0.05) is 39.3 Å². The smallest absolute Gasteiger partial charge is 0.534 e. The molecule has 5 rings (SSSR count). The highest BCUT2D eigenvalue weighted by atomic mass is 16.5. The van der Waals surface area contributed by atoms with Crippen molar-refractivity contribution in [3.8, 4) is 5.75 Å². The van der Waals surface area contributed by atoms with Crippen LogP contribution in [0.1, 0.15) is 27.3 Å². The molecule has 0 saturated carbocycles. The van der Waals surface area contributed by atoms with Crippen molar-refractivity contribution in [3.05, 3.63) is 40.7 Å². The van der Waals surface area contributed by atoms with E-state index in [1.807, 2.05) is 0 Å². The van der Waals surface area contributed by atoms with E-state index in [4.69, 9.17) is 14.1 Å². The van der Waals surface area contributed by atoms with Crippen molar-refractivity contribution in [2.45, 2.75) is 32.0 Å². The molecule has 0 spiro atoms. The number of carbonyl (C=O) groups excluding carboxylic acids is 1. The average Bonchev–Trinajstić information content (AvgIpc) is 3.25. The van der Waals surface area contributed by atoms with E-state index in [1.54, 1.807) is 16.8 Å². The van der Waals surface area contributed by atoms with Gasteiger partial charge in [0.2, 0.25) is 5.91 Å². The van der Waals surface area contributed by atoms with Gasteiger partial charge in [0.1, 0.15) is 18.0 Å². The maximum Gasteiger partial charge on any atom is 0.547 e. The van der Waals surface area contributed by atoms with Crippen molar-refractivity contribution in [2.75, 3.05) is 52.6 Å². The van der Waals surface area contributed by atoms with E-state index >= 15 is 0 Å². The molecule has 1 aromatic carbocycles. The van der Waals surface area contributed by atoms with E-state index in [-0.39, 0.29) is 30.2 Å². The molecular weight excluding hydrogens is 483 g/mol. The van der Waals surface area contributed by atoms with Crippen molar-refractivity contribution in [1.82, 2.24) is 30.1 Å². The Morgan fingerprint density at radius 1 is 1.05 bits per heavy atom. The number of rotatable bonds is 8. The van der Waals surface area contributed by atoms with Crippen LogP contribution in [-0.2, 0) is 40.3 Å². The van der Waals surface area contributed by atoms with E-state index in [9.17, 15) is 19.7 Å². The summed E-state index contributed by atoms with van der Waals surface area (Å²) in [5.41, 5.74) is 2.29. The Hall–Kier alpha value is -3.04. The molecular formula is C23H31BN6O7. The molecule has 13 nitrogen and oxygen atoms in total. The van der Waals surface area contributed by atoms with Gasteiger partial charge in [-0.1, -0.05) is 17.3 Å². The van der Waals surface area contributed by atoms with Gasteiger partial charge in [0.05, 0.1) is 43.6 Å². The summed E-state index contributed by atoms with van der Waals surface area (Å²) in [4.78, 5) is 29.0. The minimum atomic E-state index is -1.38. The monoisotopic (exact) mass is 514 g/mol. The van der Waals surface area contributed by atoms with E-state index in [0.29, 0.717) is 45.1 Å². The minimum Gasteiger partial charge on any atom is -0.534 e. The minimum absolute atomic E-state index is 0.0236. The van der Waals surface area contributed by atoms with Gasteiger partial charge in [-0.25, -0.2) is 9.48 Å². The van der Waals surface area contributed by atoms with Crippen LogP contribution in [0.15, 0.2) is 18.2 Å². The molecule has 1 unspecified atom stereocenters. The summed E-state index contributed by atoms with van der Waals surface area (Å²) < 4.78 is 18.0. The number of morpholine rings is 2. The number of carboxylic acid groups (broad SMARTS) is 1. The Morgan fingerprint density at radius 2 is 1.73 bits per heavy atom. The highest BCUT2D eigenvalue weighted by Crippen LogP contribution is 2.30. The molecule has 3 N–H and O–H groups in total. The maximum absolute atomic E-state index is 13.0. The first-order valence-electron chi connectivity index (χ1n) is 12.5. The Kier molecular flexibility index (Phi) is 8.00. The van der Waals surface area contributed by atoms with E-state index < -0.39 is 19.0 Å². The van der Waals surface area contributed by atoms with Crippen molar-refractivity contribution in [1.29, 1.82) is 0 Å². The normalized spacial score (nSPS) is 20.8. The number of para-hydroxylation sites is 1. The number of aromatic nitrogens is 3. The van der Waals surface area contributed by atoms with E-state index in [2.05, 4.69) is 25.4 Å². The fraction of sp³-hybridized carbons (Fsp3) is 0.565. The molecule has 3 aliphatic heterocycles. The SMILES string of the molecule is O=C(Cn1nnc(CN2CCOCC2)c1CN1CCOCC1)NC1Cc2cccc(C(=O)O)c2OB1O. The highest BCUT2D eigenvalue weighted by Gasteiger charge is 2.38. The molecule has 2 aromatic rings. The zero-order valence-electron chi connectivity index (χ0n) is 20.5. The van der Waals surface area contributed by atoms with Gasteiger partial charge in [-0.05, 0) is 18.1 Å². The number of aromatic carboxylic acids is 1. The predicted molar refractivity (Wildman–Crippen MR) is 130 cm³/mol. The number of carbonyl (C=O) groups is 2. The summed E-state index contributed by atoms with van der Waals surface area (Å²) in [6.45, 7) is 7.04. The van der Waals surface area contributed by atoms with Crippen LogP contribution in [0.2, 0.25) is 0 Å². The molecule has 0 aliphatic carbocycles. The average molecular weight is 514 g/mol. The number of carboxylic acids is 1. The zero-order valence-corrected chi connectivity index (χ0v) is 20.5. The van der Waals surface area contributed by atoms with Gasteiger partial charge in [-0.2, -0.15) is 0 Å². The summed E-state index contributed by atoms with van der Waals surface area (Å²) in [6.07, 6.45) is 0.240.